The summed E-state index contributed by atoms with van der Waals surface area (Å²) < 4.78 is 1.98. The maximum atomic E-state index is 11.4. The van der Waals surface area contributed by atoms with Crippen LogP contribution >= 0.6 is 0 Å². The molecule has 3 aromatic rings. The van der Waals surface area contributed by atoms with Crippen LogP contribution in [0.2, 0.25) is 0 Å². The molecule has 2 heterocycles. The number of carboxylic acids is 1. The van der Waals surface area contributed by atoms with Crippen molar-refractivity contribution >= 4 is 5.97 Å². The number of pyridine rings is 1. The van der Waals surface area contributed by atoms with Crippen LogP contribution in [0.25, 0.3) is 11.1 Å². The van der Waals surface area contributed by atoms with E-state index < -0.39 is 5.97 Å². The molecule has 0 saturated carbocycles. The van der Waals surface area contributed by atoms with E-state index in [2.05, 4.69) is 28.9 Å². The third-order valence-electron chi connectivity index (χ3n) is 4.39. The molecule has 0 radical (unpaired) electrons. The van der Waals surface area contributed by atoms with Gasteiger partial charge in [0.1, 0.15) is 5.82 Å². The van der Waals surface area contributed by atoms with Gasteiger partial charge in [0.2, 0.25) is 0 Å². The minimum atomic E-state index is -0.952. The Labute approximate surface area is 158 Å². The van der Waals surface area contributed by atoms with Gasteiger partial charge >= 0.3 is 5.97 Å². The molecule has 0 saturated heterocycles. The molecule has 0 atom stereocenters. The van der Waals surface area contributed by atoms with Crippen LogP contribution in [-0.4, -0.2) is 30.8 Å². The van der Waals surface area contributed by atoms with Gasteiger partial charge < -0.3 is 5.11 Å². The number of benzene rings is 1. The van der Waals surface area contributed by atoms with E-state index in [-0.39, 0.29) is 5.56 Å². The van der Waals surface area contributed by atoms with Crippen LogP contribution < -0.4 is 0 Å². The van der Waals surface area contributed by atoms with Gasteiger partial charge in [-0.25, -0.2) is 14.5 Å². The highest BCUT2D eigenvalue weighted by atomic mass is 16.4. The summed E-state index contributed by atoms with van der Waals surface area (Å²) in [6, 6.07) is 9.40. The van der Waals surface area contributed by atoms with Crippen molar-refractivity contribution in [3.63, 3.8) is 0 Å². The topological polar surface area (TPSA) is 80.9 Å². The Bertz CT molecular complexity index is 916. The van der Waals surface area contributed by atoms with E-state index in [4.69, 9.17) is 0 Å². The van der Waals surface area contributed by atoms with Crippen molar-refractivity contribution in [3.8, 4) is 11.1 Å². The standard InChI is InChI=1S/C21H24N4O2/c1-3-5-19-23-20(6-4-2)25(24-19)14-15-7-9-16(10-8-15)18-13-22-12-11-17(18)21(26)27/h7-13H,3-6,14H2,1-2H3,(H,26,27). The Morgan fingerprint density at radius 1 is 1.07 bits per heavy atom. The van der Waals surface area contributed by atoms with Crippen molar-refractivity contribution in [3.05, 3.63) is 65.5 Å². The number of carbonyl (C=O) groups is 1. The molecule has 0 amide bonds. The normalized spacial score (nSPS) is 10.9. The predicted molar refractivity (Wildman–Crippen MR) is 104 cm³/mol. The van der Waals surface area contributed by atoms with Gasteiger partial charge in [0, 0.05) is 30.8 Å². The minimum absolute atomic E-state index is 0.253. The Kier molecular flexibility index (Phi) is 5.96. The molecule has 3 rings (SSSR count). The summed E-state index contributed by atoms with van der Waals surface area (Å²) in [6.07, 6.45) is 6.94. The average Bonchev–Trinajstić information content (AvgIpc) is 3.04. The van der Waals surface area contributed by atoms with E-state index in [1.165, 1.54) is 12.3 Å². The van der Waals surface area contributed by atoms with Crippen molar-refractivity contribution in [2.45, 2.75) is 46.1 Å². The van der Waals surface area contributed by atoms with Crippen LogP contribution in [0, 0.1) is 0 Å². The number of aryl methyl sites for hydroxylation is 2. The van der Waals surface area contributed by atoms with E-state index in [1.807, 2.05) is 28.9 Å². The van der Waals surface area contributed by atoms with Crippen LogP contribution in [-0.2, 0) is 19.4 Å². The summed E-state index contributed by atoms with van der Waals surface area (Å²) in [6.45, 7) is 4.93. The monoisotopic (exact) mass is 364 g/mol. The van der Waals surface area contributed by atoms with E-state index >= 15 is 0 Å². The van der Waals surface area contributed by atoms with Crippen molar-refractivity contribution < 1.29 is 9.90 Å². The van der Waals surface area contributed by atoms with E-state index in [0.717, 1.165) is 48.5 Å². The molecule has 1 N–H and O–H groups in total. The number of nitrogens with zero attached hydrogens (tertiary/aromatic N) is 4. The highest BCUT2D eigenvalue weighted by Crippen LogP contribution is 2.23. The van der Waals surface area contributed by atoms with Gasteiger partial charge in [0.25, 0.3) is 0 Å². The molecular weight excluding hydrogens is 340 g/mol. The van der Waals surface area contributed by atoms with Crippen LogP contribution in [0.1, 0.15) is 54.3 Å². The SMILES string of the molecule is CCCc1nc(CCC)n(Cc2ccc(-c3cnccc3C(=O)O)cc2)n1. The molecule has 0 aliphatic carbocycles. The molecule has 6 heteroatoms. The summed E-state index contributed by atoms with van der Waals surface area (Å²) in [5.41, 5.74) is 2.81. The quantitative estimate of drug-likeness (QED) is 0.653. The third kappa shape index (κ3) is 4.39. The highest BCUT2D eigenvalue weighted by molar-refractivity contribution is 5.95. The van der Waals surface area contributed by atoms with Gasteiger partial charge in [-0.2, -0.15) is 5.10 Å². The molecule has 0 aliphatic heterocycles. The fourth-order valence-corrected chi connectivity index (χ4v) is 3.06. The Balaban J connectivity index is 1.84. The lowest BCUT2D eigenvalue weighted by Crippen LogP contribution is -2.07. The first-order chi connectivity index (χ1) is 13.1. The second kappa shape index (κ2) is 8.58. The van der Waals surface area contributed by atoms with Gasteiger partial charge in [-0.3, -0.25) is 4.98 Å². The second-order valence-electron chi connectivity index (χ2n) is 6.53. The molecule has 0 unspecified atom stereocenters. The molecular formula is C21H24N4O2. The van der Waals surface area contributed by atoms with Crippen LogP contribution in [0.4, 0.5) is 0 Å². The van der Waals surface area contributed by atoms with E-state index in [0.29, 0.717) is 12.1 Å². The average molecular weight is 364 g/mol. The zero-order valence-electron chi connectivity index (χ0n) is 15.7. The largest absolute Gasteiger partial charge is 0.478 e. The smallest absolute Gasteiger partial charge is 0.336 e. The van der Waals surface area contributed by atoms with Crippen LogP contribution in [0.3, 0.4) is 0 Å². The lowest BCUT2D eigenvalue weighted by atomic mass is 10.0. The third-order valence-corrected chi connectivity index (χ3v) is 4.39. The van der Waals surface area contributed by atoms with Crippen molar-refractivity contribution in [1.29, 1.82) is 0 Å². The number of aromatic nitrogens is 4. The van der Waals surface area contributed by atoms with Crippen molar-refractivity contribution in [2.75, 3.05) is 0 Å². The first-order valence-corrected chi connectivity index (χ1v) is 9.31. The summed E-state index contributed by atoms with van der Waals surface area (Å²) in [4.78, 5) is 20.1. The maximum absolute atomic E-state index is 11.4. The second-order valence-corrected chi connectivity index (χ2v) is 6.53. The summed E-state index contributed by atoms with van der Waals surface area (Å²) in [5, 5.41) is 14.0. The van der Waals surface area contributed by atoms with Gasteiger partial charge in [-0.1, -0.05) is 38.1 Å². The zero-order valence-corrected chi connectivity index (χ0v) is 15.7. The summed E-state index contributed by atoms with van der Waals surface area (Å²) in [5.74, 6) is 0.969. The minimum Gasteiger partial charge on any atom is -0.478 e. The summed E-state index contributed by atoms with van der Waals surface area (Å²) in [7, 11) is 0. The molecule has 0 spiro atoms. The molecule has 140 valence electrons. The lowest BCUT2D eigenvalue weighted by Gasteiger charge is -2.08. The van der Waals surface area contributed by atoms with E-state index in [9.17, 15) is 9.90 Å². The fraction of sp³-hybridized carbons (Fsp3) is 0.333. The van der Waals surface area contributed by atoms with Crippen LogP contribution in [0.5, 0.6) is 0 Å². The van der Waals surface area contributed by atoms with Crippen LogP contribution in [0.15, 0.2) is 42.7 Å². The molecule has 1 aromatic carbocycles. The Hall–Kier alpha value is -3.02. The number of hydrogen-bond donors (Lipinski definition) is 1. The zero-order chi connectivity index (χ0) is 19.2. The summed E-state index contributed by atoms with van der Waals surface area (Å²) >= 11 is 0. The Morgan fingerprint density at radius 3 is 2.48 bits per heavy atom. The number of hydrogen-bond acceptors (Lipinski definition) is 4. The lowest BCUT2D eigenvalue weighted by molar-refractivity contribution is 0.0697. The van der Waals surface area contributed by atoms with Gasteiger partial charge in [-0.05, 0) is 30.0 Å². The number of aromatic carboxylic acids is 1. The first-order valence-electron chi connectivity index (χ1n) is 9.31. The molecule has 27 heavy (non-hydrogen) atoms. The maximum Gasteiger partial charge on any atom is 0.336 e. The molecule has 0 aliphatic rings. The van der Waals surface area contributed by atoms with Gasteiger partial charge in [-0.15, -0.1) is 0 Å². The predicted octanol–water partition coefficient (Wildman–Crippen LogP) is 3.99. The van der Waals surface area contributed by atoms with E-state index in [1.54, 1.807) is 6.20 Å². The molecule has 0 fully saturated rings. The molecule has 0 bridgehead atoms. The first kappa shape index (κ1) is 18.8. The molecule has 6 nitrogen and oxygen atoms in total. The van der Waals surface area contributed by atoms with Gasteiger partial charge in [0.05, 0.1) is 12.1 Å². The van der Waals surface area contributed by atoms with Crippen molar-refractivity contribution in [1.82, 2.24) is 19.7 Å². The number of rotatable bonds is 8. The Morgan fingerprint density at radius 2 is 1.81 bits per heavy atom. The molecule has 2 aromatic heterocycles. The van der Waals surface area contributed by atoms with Gasteiger partial charge in [0.15, 0.2) is 5.82 Å². The highest BCUT2D eigenvalue weighted by Gasteiger charge is 2.12. The number of carboxylic acid groups (broad SMARTS) is 1. The van der Waals surface area contributed by atoms with Crippen molar-refractivity contribution in [2.24, 2.45) is 0 Å². The fourth-order valence-electron chi connectivity index (χ4n) is 3.06.